The summed E-state index contributed by atoms with van der Waals surface area (Å²) in [7, 11) is 1.70. The first-order valence-corrected chi connectivity index (χ1v) is 10.8. The van der Waals surface area contributed by atoms with Crippen LogP contribution in [0.2, 0.25) is 0 Å². The molecule has 152 valence electrons. The summed E-state index contributed by atoms with van der Waals surface area (Å²) in [6, 6.07) is 11.5. The summed E-state index contributed by atoms with van der Waals surface area (Å²) < 4.78 is 5.49. The van der Waals surface area contributed by atoms with Crippen LogP contribution >= 0.6 is 0 Å². The highest BCUT2D eigenvalue weighted by molar-refractivity contribution is 5.84. The number of pyridine rings is 1. The maximum Gasteiger partial charge on any atom is 0.145 e. The van der Waals surface area contributed by atoms with Gasteiger partial charge in [0.15, 0.2) is 0 Å². The van der Waals surface area contributed by atoms with E-state index in [1.807, 2.05) is 12.1 Å². The molecule has 5 nitrogen and oxygen atoms in total. The van der Waals surface area contributed by atoms with E-state index >= 15 is 0 Å². The van der Waals surface area contributed by atoms with Gasteiger partial charge in [0, 0.05) is 50.3 Å². The van der Waals surface area contributed by atoms with Crippen molar-refractivity contribution >= 4 is 10.9 Å². The number of nitrogens with zero attached hydrogens (tertiary/aromatic N) is 3. The highest BCUT2D eigenvalue weighted by atomic mass is 16.5. The molecule has 1 atom stereocenters. The van der Waals surface area contributed by atoms with Crippen LogP contribution in [0, 0.1) is 0 Å². The zero-order valence-electron chi connectivity index (χ0n) is 17.0. The van der Waals surface area contributed by atoms with Gasteiger partial charge in [-0.1, -0.05) is 37.5 Å². The van der Waals surface area contributed by atoms with E-state index in [1.165, 1.54) is 32.1 Å². The van der Waals surface area contributed by atoms with Crippen LogP contribution in [0.4, 0.5) is 0 Å². The van der Waals surface area contributed by atoms with Gasteiger partial charge in [0.2, 0.25) is 0 Å². The molecule has 1 saturated heterocycles. The van der Waals surface area contributed by atoms with Crippen LogP contribution in [0.3, 0.4) is 0 Å². The molecule has 0 bridgehead atoms. The van der Waals surface area contributed by atoms with Crippen LogP contribution in [0.15, 0.2) is 30.3 Å². The van der Waals surface area contributed by atoms with Crippen LogP contribution < -0.4 is 4.74 Å². The minimum absolute atomic E-state index is 0.271. The highest BCUT2D eigenvalue weighted by Crippen LogP contribution is 2.28. The van der Waals surface area contributed by atoms with Crippen molar-refractivity contribution in [2.24, 2.45) is 0 Å². The summed E-state index contributed by atoms with van der Waals surface area (Å²) in [5, 5.41) is 10.7. The van der Waals surface area contributed by atoms with Crippen molar-refractivity contribution in [1.29, 1.82) is 0 Å². The molecule has 1 aromatic heterocycles. The summed E-state index contributed by atoms with van der Waals surface area (Å²) in [4.78, 5) is 10.1. The van der Waals surface area contributed by atoms with Crippen molar-refractivity contribution in [2.75, 3.05) is 33.4 Å². The van der Waals surface area contributed by atoms with E-state index < -0.39 is 0 Å². The van der Waals surface area contributed by atoms with Crippen LogP contribution in [-0.2, 0) is 6.54 Å². The van der Waals surface area contributed by atoms with E-state index in [9.17, 15) is 5.11 Å². The molecule has 1 aliphatic carbocycles. The van der Waals surface area contributed by atoms with E-state index in [0.717, 1.165) is 61.0 Å². The second-order valence-electron chi connectivity index (χ2n) is 8.27. The predicted octanol–water partition coefficient (Wildman–Crippen LogP) is 3.44. The third-order valence-corrected chi connectivity index (χ3v) is 6.46. The number of benzene rings is 1. The minimum Gasteiger partial charge on any atom is -0.494 e. The number of fused-ring (bicyclic) bond motifs is 1. The first-order valence-electron chi connectivity index (χ1n) is 10.8. The number of methoxy groups -OCH3 is 1. The number of piperazine rings is 1. The number of rotatable bonds is 6. The molecule has 1 aromatic carbocycles. The molecule has 5 heteroatoms. The first kappa shape index (κ1) is 19.6. The van der Waals surface area contributed by atoms with Crippen molar-refractivity contribution < 1.29 is 9.84 Å². The van der Waals surface area contributed by atoms with Crippen molar-refractivity contribution in [3.05, 3.63) is 36.0 Å². The maximum absolute atomic E-state index is 9.62. The predicted molar refractivity (Wildman–Crippen MR) is 113 cm³/mol. The molecule has 0 radical (unpaired) electrons. The van der Waals surface area contributed by atoms with E-state index in [2.05, 4.69) is 28.0 Å². The Morgan fingerprint density at radius 1 is 1.11 bits per heavy atom. The van der Waals surface area contributed by atoms with Gasteiger partial charge in [-0.25, -0.2) is 4.98 Å². The third kappa shape index (κ3) is 4.32. The monoisotopic (exact) mass is 383 g/mol. The molecule has 1 aliphatic heterocycles. The van der Waals surface area contributed by atoms with E-state index in [0.29, 0.717) is 6.04 Å². The summed E-state index contributed by atoms with van der Waals surface area (Å²) in [5.74, 6) is 0.833. The standard InChI is InChI=1S/C23H33N3O2/c1-28-22-9-5-6-18-10-11-19(24-23(18)22)16-25-13-14-26(21(17-25)12-15-27)20-7-3-2-4-8-20/h5-6,9-11,20-21,27H,2-4,7-8,12-17H2,1H3/t21-/m1/s1. The average Bonchev–Trinajstić information content (AvgIpc) is 2.74. The molecule has 0 spiro atoms. The maximum atomic E-state index is 9.62. The van der Waals surface area contributed by atoms with Crippen LogP contribution in [0.1, 0.15) is 44.2 Å². The molecule has 2 aromatic rings. The smallest absolute Gasteiger partial charge is 0.145 e. The lowest BCUT2D eigenvalue weighted by Gasteiger charge is -2.46. The van der Waals surface area contributed by atoms with E-state index in [4.69, 9.17) is 9.72 Å². The lowest BCUT2D eigenvalue weighted by atomic mass is 9.92. The van der Waals surface area contributed by atoms with Crippen molar-refractivity contribution in [3.8, 4) is 5.75 Å². The summed E-state index contributed by atoms with van der Waals surface area (Å²) in [6.45, 7) is 4.32. The fourth-order valence-electron chi connectivity index (χ4n) is 5.02. The SMILES string of the molecule is COc1cccc2ccc(CN3CCN(C4CCCCC4)[C@H](CCO)C3)nc12. The Balaban J connectivity index is 1.46. The Kier molecular flexibility index (Phi) is 6.45. The topological polar surface area (TPSA) is 48.8 Å². The average molecular weight is 384 g/mol. The lowest BCUT2D eigenvalue weighted by molar-refractivity contribution is 0.0133. The summed E-state index contributed by atoms with van der Waals surface area (Å²) >= 11 is 0. The second kappa shape index (κ2) is 9.21. The highest BCUT2D eigenvalue weighted by Gasteiger charge is 2.32. The van der Waals surface area contributed by atoms with Crippen molar-refractivity contribution in [1.82, 2.24) is 14.8 Å². The lowest BCUT2D eigenvalue weighted by Crippen LogP contribution is -2.56. The van der Waals surface area contributed by atoms with Gasteiger partial charge in [0.25, 0.3) is 0 Å². The Bertz CT molecular complexity index is 776. The Morgan fingerprint density at radius 3 is 2.75 bits per heavy atom. The van der Waals surface area contributed by atoms with Crippen LogP contribution in [0.5, 0.6) is 5.75 Å². The van der Waals surface area contributed by atoms with Crippen LogP contribution in [0.25, 0.3) is 10.9 Å². The number of aromatic nitrogens is 1. The summed E-state index contributed by atoms with van der Waals surface area (Å²) in [5.41, 5.74) is 2.03. The van der Waals surface area contributed by atoms with Gasteiger partial charge in [-0.2, -0.15) is 0 Å². The number of hydrogen-bond donors (Lipinski definition) is 1. The summed E-state index contributed by atoms with van der Waals surface area (Å²) in [6.07, 6.45) is 7.63. The number of ether oxygens (including phenoxy) is 1. The van der Waals surface area contributed by atoms with E-state index in [-0.39, 0.29) is 6.61 Å². The van der Waals surface area contributed by atoms with Gasteiger partial charge in [0.1, 0.15) is 11.3 Å². The number of hydrogen-bond acceptors (Lipinski definition) is 5. The van der Waals surface area contributed by atoms with Crippen molar-refractivity contribution in [3.63, 3.8) is 0 Å². The number of aliphatic hydroxyl groups is 1. The number of aliphatic hydroxyl groups excluding tert-OH is 1. The van der Waals surface area contributed by atoms with Gasteiger partial charge < -0.3 is 9.84 Å². The number of para-hydroxylation sites is 1. The molecule has 2 aliphatic rings. The van der Waals surface area contributed by atoms with Gasteiger partial charge in [-0.05, 0) is 31.4 Å². The normalized spacial score (nSPS) is 22.6. The van der Waals surface area contributed by atoms with Crippen molar-refractivity contribution in [2.45, 2.75) is 57.2 Å². The fourth-order valence-corrected chi connectivity index (χ4v) is 5.02. The molecule has 0 amide bonds. The fraction of sp³-hybridized carbons (Fsp3) is 0.609. The molecule has 28 heavy (non-hydrogen) atoms. The second-order valence-corrected chi connectivity index (χ2v) is 8.27. The van der Waals surface area contributed by atoms with Gasteiger partial charge in [-0.3, -0.25) is 9.80 Å². The minimum atomic E-state index is 0.271. The Labute approximate surface area is 168 Å². The molecule has 4 rings (SSSR count). The van der Waals surface area contributed by atoms with Crippen LogP contribution in [-0.4, -0.2) is 65.3 Å². The van der Waals surface area contributed by atoms with Gasteiger partial charge in [-0.15, -0.1) is 0 Å². The third-order valence-electron chi connectivity index (χ3n) is 6.46. The molecular weight excluding hydrogens is 350 g/mol. The molecule has 0 unspecified atom stereocenters. The zero-order chi connectivity index (χ0) is 19.3. The Morgan fingerprint density at radius 2 is 1.96 bits per heavy atom. The molecule has 1 saturated carbocycles. The van der Waals surface area contributed by atoms with Gasteiger partial charge >= 0.3 is 0 Å². The molecule has 2 fully saturated rings. The quantitative estimate of drug-likeness (QED) is 0.828. The largest absolute Gasteiger partial charge is 0.494 e. The molecule has 2 heterocycles. The van der Waals surface area contributed by atoms with Gasteiger partial charge in [0.05, 0.1) is 12.8 Å². The first-order chi connectivity index (χ1) is 13.8. The molecular formula is C23H33N3O2. The Hall–Kier alpha value is -1.69. The molecule has 1 N–H and O–H groups in total. The van der Waals surface area contributed by atoms with E-state index in [1.54, 1.807) is 7.11 Å². The zero-order valence-corrected chi connectivity index (χ0v) is 17.0.